The van der Waals surface area contributed by atoms with Crippen LogP contribution in [0.4, 0.5) is 0 Å². The van der Waals surface area contributed by atoms with Gasteiger partial charge in [-0.15, -0.1) is 0 Å². The fraction of sp³-hybridized carbons (Fsp3) is 0.381. The lowest BCUT2D eigenvalue weighted by atomic mass is 10.0. The predicted octanol–water partition coefficient (Wildman–Crippen LogP) is 2.90. The second kappa shape index (κ2) is 7.14. The third kappa shape index (κ3) is 3.17. The van der Waals surface area contributed by atoms with Crippen LogP contribution in [0, 0.1) is 0 Å². The molecule has 1 aliphatic heterocycles. The normalized spacial score (nSPS) is 16.1. The van der Waals surface area contributed by atoms with Gasteiger partial charge >= 0.3 is 0 Å². The molecule has 0 bridgehead atoms. The number of carbonyl (C=O) groups is 1. The first kappa shape index (κ1) is 18.3. The van der Waals surface area contributed by atoms with Crippen molar-refractivity contribution >= 4 is 5.91 Å². The van der Waals surface area contributed by atoms with Crippen LogP contribution < -0.4 is 29.0 Å². The lowest BCUT2D eigenvalue weighted by molar-refractivity contribution is 0.0929. The van der Waals surface area contributed by atoms with Crippen molar-refractivity contribution in [1.29, 1.82) is 0 Å². The maximum atomic E-state index is 13.0. The van der Waals surface area contributed by atoms with E-state index in [4.69, 9.17) is 23.7 Å². The number of methoxy groups -OCH3 is 3. The van der Waals surface area contributed by atoms with Gasteiger partial charge in [-0.05, 0) is 42.7 Å². The lowest BCUT2D eigenvalue weighted by Gasteiger charge is -2.23. The number of ether oxygens (including phenoxy) is 5. The van der Waals surface area contributed by atoms with Crippen LogP contribution in [0.25, 0.3) is 0 Å². The molecule has 0 unspecified atom stereocenters. The molecule has 2 aromatic carbocycles. The van der Waals surface area contributed by atoms with Crippen molar-refractivity contribution in [1.82, 2.24) is 5.32 Å². The third-order valence-electron chi connectivity index (χ3n) is 5.12. The van der Waals surface area contributed by atoms with Gasteiger partial charge in [-0.2, -0.15) is 0 Å². The van der Waals surface area contributed by atoms with E-state index in [9.17, 15) is 4.79 Å². The maximum absolute atomic E-state index is 13.0. The van der Waals surface area contributed by atoms with Gasteiger partial charge in [0.15, 0.2) is 23.0 Å². The molecular weight excluding hydrogens is 362 g/mol. The highest BCUT2D eigenvalue weighted by Gasteiger charge is 2.46. The van der Waals surface area contributed by atoms with E-state index in [1.807, 2.05) is 18.2 Å². The van der Waals surface area contributed by atoms with E-state index >= 15 is 0 Å². The Morgan fingerprint density at radius 1 is 0.929 bits per heavy atom. The zero-order valence-electron chi connectivity index (χ0n) is 16.2. The van der Waals surface area contributed by atoms with E-state index in [-0.39, 0.29) is 5.91 Å². The highest BCUT2D eigenvalue weighted by molar-refractivity contribution is 5.96. The van der Waals surface area contributed by atoms with E-state index in [0.717, 1.165) is 29.9 Å². The summed E-state index contributed by atoms with van der Waals surface area (Å²) < 4.78 is 27.3. The van der Waals surface area contributed by atoms with Crippen molar-refractivity contribution in [2.45, 2.75) is 18.4 Å². The van der Waals surface area contributed by atoms with Crippen molar-refractivity contribution in [3.63, 3.8) is 0 Å². The first-order chi connectivity index (χ1) is 13.6. The Balaban J connectivity index is 1.60. The Kier molecular flexibility index (Phi) is 4.66. The Morgan fingerprint density at radius 2 is 1.57 bits per heavy atom. The number of hydrogen-bond donors (Lipinski definition) is 1. The summed E-state index contributed by atoms with van der Waals surface area (Å²) in [7, 11) is 4.58. The average Bonchev–Trinajstić information content (AvgIpc) is 3.52. The quantitative estimate of drug-likeness (QED) is 0.824. The van der Waals surface area contributed by atoms with Crippen LogP contribution in [-0.2, 0) is 5.54 Å². The van der Waals surface area contributed by atoms with Gasteiger partial charge in [0.2, 0.25) is 5.75 Å². The lowest BCUT2D eigenvalue weighted by Crippen LogP contribution is -2.35. The zero-order chi connectivity index (χ0) is 19.7. The van der Waals surface area contributed by atoms with Gasteiger partial charge in [-0.25, -0.2) is 0 Å². The SMILES string of the molecule is COc1cc(C(=O)NC2(c3ccc4c(c3)OCCO4)CC2)cc(OC)c1OC. The molecule has 1 N–H and O–H groups in total. The fourth-order valence-electron chi connectivity index (χ4n) is 3.45. The maximum Gasteiger partial charge on any atom is 0.252 e. The highest BCUT2D eigenvalue weighted by Crippen LogP contribution is 2.48. The first-order valence-electron chi connectivity index (χ1n) is 9.13. The number of benzene rings is 2. The van der Waals surface area contributed by atoms with Crippen LogP contribution in [0.5, 0.6) is 28.7 Å². The average molecular weight is 385 g/mol. The Bertz CT molecular complexity index is 881. The van der Waals surface area contributed by atoms with Crippen molar-refractivity contribution in [3.05, 3.63) is 41.5 Å². The van der Waals surface area contributed by atoms with Crippen LogP contribution in [0.15, 0.2) is 30.3 Å². The summed E-state index contributed by atoms with van der Waals surface area (Å²) in [6, 6.07) is 9.13. The van der Waals surface area contributed by atoms with Crippen LogP contribution in [0.2, 0.25) is 0 Å². The Morgan fingerprint density at radius 3 is 2.14 bits per heavy atom. The minimum absolute atomic E-state index is 0.202. The van der Waals surface area contributed by atoms with Crippen LogP contribution >= 0.6 is 0 Å². The topological polar surface area (TPSA) is 75.3 Å². The third-order valence-corrected chi connectivity index (χ3v) is 5.12. The molecule has 1 saturated carbocycles. The largest absolute Gasteiger partial charge is 0.493 e. The minimum atomic E-state index is -0.396. The van der Waals surface area contributed by atoms with E-state index in [1.165, 1.54) is 21.3 Å². The predicted molar refractivity (Wildman–Crippen MR) is 102 cm³/mol. The van der Waals surface area contributed by atoms with Crippen molar-refractivity contribution in [2.24, 2.45) is 0 Å². The number of hydrogen-bond acceptors (Lipinski definition) is 6. The number of carbonyl (C=O) groups excluding carboxylic acids is 1. The molecule has 0 atom stereocenters. The summed E-state index contributed by atoms with van der Waals surface area (Å²) in [4.78, 5) is 13.0. The van der Waals surface area contributed by atoms with Gasteiger partial charge in [-0.1, -0.05) is 6.07 Å². The van der Waals surface area contributed by atoms with E-state index in [2.05, 4.69) is 5.32 Å². The molecule has 2 aromatic rings. The molecule has 4 rings (SSSR count). The number of nitrogens with one attached hydrogen (secondary N) is 1. The summed E-state index contributed by atoms with van der Waals surface area (Å²) in [5, 5.41) is 3.16. The molecule has 1 fully saturated rings. The van der Waals surface area contributed by atoms with Gasteiger partial charge in [-0.3, -0.25) is 4.79 Å². The van der Waals surface area contributed by atoms with Crippen molar-refractivity contribution in [2.75, 3.05) is 34.5 Å². The van der Waals surface area contributed by atoms with Gasteiger partial charge in [0.1, 0.15) is 13.2 Å². The molecule has 0 radical (unpaired) electrons. The molecule has 7 nitrogen and oxygen atoms in total. The first-order valence-corrected chi connectivity index (χ1v) is 9.13. The van der Waals surface area contributed by atoms with E-state index in [0.29, 0.717) is 36.0 Å². The van der Waals surface area contributed by atoms with Gasteiger partial charge < -0.3 is 29.0 Å². The molecule has 2 aliphatic rings. The monoisotopic (exact) mass is 385 g/mol. The molecule has 1 amide bonds. The molecule has 28 heavy (non-hydrogen) atoms. The van der Waals surface area contributed by atoms with Crippen LogP contribution in [-0.4, -0.2) is 40.5 Å². The van der Waals surface area contributed by atoms with Crippen LogP contribution in [0.1, 0.15) is 28.8 Å². The van der Waals surface area contributed by atoms with Crippen molar-refractivity contribution in [3.8, 4) is 28.7 Å². The molecule has 1 aliphatic carbocycles. The second-order valence-electron chi connectivity index (χ2n) is 6.81. The second-order valence-corrected chi connectivity index (χ2v) is 6.81. The molecule has 0 aromatic heterocycles. The zero-order valence-corrected chi connectivity index (χ0v) is 16.2. The van der Waals surface area contributed by atoms with Gasteiger partial charge in [0.05, 0.1) is 26.9 Å². The van der Waals surface area contributed by atoms with Gasteiger partial charge in [0.25, 0.3) is 5.91 Å². The highest BCUT2D eigenvalue weighted by atomic mass is 16.6. The van der Waals surface area contributed by atoms with E-state index < -0.39 is 5.54 Å². The van der Waals surface area contributed by atoms with Crippen molar-refractivity contribution < 1.29 is 28.5 Å². The molecule has 0 spiro atoms. The smallest absolute Gasteiger partial charge is 0.252 e. The molecular formula is C21H23NO6. The number of amides is 1. The summed E-state index contributed by atoms with van der Waals surface area (Å²) in [5.41, 5.74) is 1.06. The standard InChI is InChI=1S/C21H23NO6/c1-24-17-10-13(11-18(25-2)19(17)26-3)20(23)22-21(6-7-21)14-4-5-15-16(12-14)28-9-8-27-15/h4-5,10-12H,6-9H2,1-3H3,(H,22,23). The minimum Gasteiger partial charge on any atom is -0.493 e. The fourth-order valence-corrected chi connectivity index (χ4v) is 3.45. The molecule has 7 heteroatoms. The molecule has 1 heterocycles. The Hall–Kier alpha value is -3.09. The van der Waals surface area contributed by atoms with E-state index in [1.54, 1.807) is 12.1 Å². The summed E-state index contributed by atoms with van der Waals surface area (Å²) in [5.74, 6) is 2.59. The molecule has 148 valence electrons. The summed E-state index contributed by atoms with van der Waals surface area (Å²) >= 11 is 0. The number of rotatable bonds is 6. The van der Waals surface area contributed by atoms with Gasteiger partial charge in [0, 0.05) is 5.56 Å². The summed E-state index contributed by atoms with van der Waals surface area (Å²) in [6.45, 7) is 1.08. The number of fused-ring (bicyclic) bond motifs is 1. The van der Waals surface area contributed by atoms with Crippen LogP contribution in [0.3, 0.4) is 0 Å². The summed E-state index contributed by atoms with van der Waals surface area (Å²) in [6.07, 6.45) is 1.73. The Labute approximate surface area is 163 Å². The molecule has 0 saturated heterocycles.